The first-order chi connectivity index (χ1) is 10.8. The van der Waals surface area contributed by atoms with E-state index in [4.69, 9.17) is 0 Å². The van der Waals surface area contributed by atoms with Crippen molar-refractivity contribution < 1.29 is 13.2 Å². The van der Waals surface area contributed by atoms with Crippen molar-refractivity contribution in [2.45, 2.75) is 56.1 Å². The Bertz CT molecular complexity index is 629. The van der Waals surface area contributed by atoms with E-state index in [1.807, 2.05) is 0 Å². The molecular formula is C18H27NO3S. The van der Waals surface area contributed by atoms with Crippen LogP contribution in [-0.4, -0.2) is 38.1 Å². The normalized spacial score (nSPS) is 16.0. The molecule has 0 aliphatic heterocycles. The first-order valence-corrected chi connectivity index (χ1v) is 9.96. The van der Waals surface area contributed by atoms with Crippen LogP contribution in [0.15, 0.2) is 29.2 Å². The predicted molar refractivity (Wildman–Crippen MR) is 92.3 cm³/mol. The van der Waals surface area contributed by atoms with Crippen LogP contribution < -0.4 is 0 Å². The van der Waals surface area contributed by atoms with Crippen molar-refractivity contribution >= 4 is 15.7 Å². The third-order valence-electron chi connectivity index (χ3n) is 4.56. The van der Waals surface area contributed by atoms with Crippen LogP contribution in [0.2, 0.25) is 0 Å². The van der Waals surface area contributed by atoms with E-state index in [1.54, 1.807) is 36.2 Å². The minimum Gasteiger partial charge on any atom is -0.342 e. The summed E-state index contributed by atoms with van der Waals surface area (Å²) in [5.41, 5.74) is 0.543. The number of rotatable bonds is 6. The van der Waals surface area contributed by atoms with E-state index in [9.17, 15) is 13.2 Å². The molecule has 0 heterocycles. The molecule has 1 amide bonds. The van der Waals surface area contributed by atoms with Crippen LogP contribution >= 0.6 is 0 Å². The largest absolute Gasteiger partial charge is 0.342 e. The van der Waals surface area contributed by atoms with Crippen molar-refractivity contribution in [1.82, 2.24) is 4.90 Å². The number of carbonyl (C=O) groups is 1. The Balaban J connectivity index is 2.08. The number of benzene rings is 1. The second kappa shape index (κ2) is 7.47. The lowest BCUT2D eigenvalue weighted by molar-refractivity contribution is 0.0789. The summed E-state index contributed by atoms with van der Waals surface area (Å²) in [7, 11) is -1.46. The molecule has 0 unspecified atom stereocenters. The van der Waals surface area contributed by atoms with Crippen molar-refractivity contribution in [3.63, 3.8) is 0 Å². The molecule has 0 spiro atoms. The topological polar surface area (TPSA) is 54.5 Å². The third-order valence-corrected chi connectivity index (χ3v) is 6.84. The quantitative estimate of drug-likeness (QED) is 0.798. The number of hydrogen-bond donors (Lipinski definition) is 0. The standard InChI is InChI=1S/C18H27NO3S/c1-14(2)12-13-19(3)18(20)15-8-10-17(11-9-15)23(21,22)16-6-4-5-7-16/h8-11,14,16H,4-7,12-13H2,1-3H3. The minimum absolute atomic E-state index is 0.0598. The highest BCUT2D eigenvalue weighted by atomic mass is 32.2. The van der Waals surface area contributed by atoms with Crippen LogP contribution in [0.25, 0.3) is 0 Å². The van der Waals surface area contributed by atoms with Gasteiger partial charge in [0.1, 0.15) is 0 Å². The maximum absolute atomic E-state index is 12.5. The molecule has 0 atom stereocenters. The molecule has 0 N–H and O–H groups in total. The molecule has 5 heteroatoms. The number of hydrogen-bond acceptors (Lipinski definition) is 3. The highest BCUT2D eigenvalue weighted by Crippen LogP contribution is 2.29. The minimum atomic E-state index is -3.25. The fourth-order valence-corrected chi connectivity index (χ4v) is 4.81. The Morgan fingerprint density at radius 3 is 2.26 bits per heavy atom. The summed E-state index contributed by atoms with van der Waals surface area (Å²) >= 11 is 0. The third kappa shape index (κ3) is 4.34. The summed E-state index contributed by atoms with van der Waals surface area (Å²) in [6.45, 7) is 4.96. The van der Waals surface area contributed by atoms with Crippen LogP contribution in [0.5, 0.6) is 0 Å². The molecule has 0 radical (unpaired) electrons. The molecule has 1 aliphatic rings. The van der Waals surface area contributed by atoms with Crippen LogP contribution in [0.1, 0.15) is 56.3 Å². The highest BCUT2D eigenvalue weighted by Gasteiger charge is 2.30. The van der Waals surface area contributed by atoms with Crippen LogP contribution in [0, 0.1) is 5.92 Å². The van der Waals surface area contributed by atoms with Gasteiger partial charge in [0.15, 0.2) is 9.84 Å². The Morgan fingerprint density at radius 2 is 1.74 bits per heavy atom. The second-order valence-corrected chi connectivity index (χ2v) is 9.11. The zero-order chi connectivity index (χ0) is 17.0. The summed E-state index contributed by atoms with van der Waals surface area (Å²) in [5.74, 6) is 0.486. The molecule has 1 aromatic carbocycles. The van der Waals surface area contributed by atoms with Crippen LogP contribution in [0.4, 0.5) is 0 Å². The summed E-state index contributed by atoms with van der Waals surface area (Å²) in [6.07, 6.45) is 4.43. The Kier molecular flexibility index (Phi) is 5.84. The van der Waals surface area contributed by atoms with E-state index in [0.29, 0.717) is 22.9 Å². The zero-order valence-corrected chi connectivity index (χ0v) is 15.1. The van der Waals surface area contributed by atoms with Gasteiger partial charge < -0.3 is 4.90 Å². The lowest BCUT2D eigenvalue weighted by atomic mass is 10.1. The first kappa shape index (κ1) is 18.0. The fourth-order valence-electron chi connectivity index (χ4n) is 2.95. The number of nitrogens with zero attached hydrogens (tertiary/aromatic N) is 1. The molecule has 128 valence electrons. The summed E-state index contributed by atoms with van der Waals surface area (Å²) in [6, 6.07) is 6.43. The van der Waals surface area contributed by atoms with Gasteiger partial charge in [-0.1, -0.05) is 26.7 Å². The molecule has 1 aromatic rings. The summed E-state index contributed by atoms with van der Waals surface area (Å²) < 4.78 is 25.1. The average molecular weight is 337 g/mol. The molecule has 0 aromatic heterocycles. The van der Waals surface area contributed by atoms with E-state index in [1.165, 1.54) is 0 Å². The summed E-state index contributed by atoms with van der Waals surface area (Å²) in [4.78, 5) is 14.4. The molecule has 2 rings (SSSR count). The second-order valence-electron chi connectivity index (χ2n) is 6.89. The predicted octanol–water partition coefficient (Wildman–Crippen LogP) is 3.52. The van der Waals surface area contributed by atoms with Gasteiger partial charge in [0.2, 0.25) is 0 Å². The molecule has 23 heavy (non-hydrogen) atoms. The fraction of sp³-hybridized carbons (Fsp3) is 0.611. The Hall–Kier alpha value is -1.36. The van der Waals surface area contributed by atoms with Gasteiger partial charge >= 0.3 is 0 Å². The van der Waals surface area contributed by atoms with Gasteiger partial charge in [-0.25, -0.2) is 8.42 Å². The maximum atomic E-state index is 12.5. The van der Waals surface area contributed by atoms with Crippen molar-refractivity contribution in [3.05, 3.63) is 29.8 Å². The van der Waals surface area contributed by atoms with Gasteiger partial charge in [-0.2, -0.15) is 0 Å². The molecule has 0 bridgehead atoms. The SMILES string of the molecule is CC(C)CCN(C)C(=O)c1ccc(S(=O)(=O)C2CCCC2)cc1. The van der Waals surface area contributed by atoms with E-state index in [0.717, 1.165) is 32.1 Å². The lowest BCUT2D eigenvalue weighted by Crippen LogP contribution is -2.28. The highest BCUT2D eigenvalue weighted by molar-refractivity contribution is 7.92. The molecular weight excluding hydrogens is 310 g/mol. The number of carbonyl (C=O) groups excluding carboxylic acids is 1. The number of amides is 1. The van der Waals surface area contributed by atoms with Gasteiger partial charge in [0, 0.05) is 19.2 Å². The maximum Gasteiger partial charge on any atom is 0.253 e. The monoisotopic (exact) mass is 337 g/mol. The van der Waals surface area contributed by atoms with Gasteiger partial charge in [0.25, 0.3) is 5.91 Å². The van der Waals surface area contributed by atoms with Gasteiger partial charge in [0.05, 0.1) is 10.1 Å². The molecule has 1 fully saturated rings. The smallest absolute Gasteiger partial charge is 0.253 e. The van der Waals surface area contributed by atoms with E-state index < -0.39 is 9.84 Å². The van der Waals surface area contributed by atoms with Gasteiger partial charge in [-0.15, -0.1) is 0 Å². The van der Waals surface area contributed by atoms with Gasteiger partial charge in [-0.05, 0) is 49.4 Å². The molecule has 1 saturated carbocycles. The van der Waals surface area contributed by atoms with Gasteiger partial charge in [-0.3, -0.25) is 4.79 Å². The van der Waals surface area contributed by atoms with Crippen molar-refractivity contribution in [2.24, 2.45) is 5.92 Å². The van der Waals surface area contributed by atoms with Crippen molar-refractivity contribution in [3.8, 4) is 0 Å². The summed E-state index contributed by atoms with van der Waals surface area (Å²) in [5, 5.41) is -0.252. The first-order valence-electron chi connectivity index (χ1n) is 8.42. The molecule has 1 aliphatic carbocycles. The zero-order valence-electron chi connectivity index (χ0n) is 14.3. The van der Waals surface area contributed by atoms with E-state index >= 15 is 0 Å². The Morgan fingerprint density at radius 1 is 1.17 bits per heavy atom. The van der Waals surface area contributed by atoms with E-state index in [-0.39, 0.29) is 11.2 Å². The lowest BCUT2D eigenvalue weighted by Gasteiger charge is -2.18. The molecule has 0 saturated heterocycles. The molecule has 4 nitrogen and oxygen atoms in total. The van der Waals surface area contributed by atoms with Crippen molar-refractivity contribution in [1.29, 1.82) is 0 Å². The van der Waals surface area contributed by atoms with Crippen LogP contribution in [-0.2, 0) is 9.84 Å². The average Bonchev–Trinajstić information content (AvgIpc) is 3.07. The van der Waals surface area contributed by atoms with Crippen LogP contribution in [0.3, 0.4) is 0 Å². The Labute approximate surface area is 139 Å². The van der Waals surface area contributed by atoms with E-state index in [2.05, 4.69) is 13.8 Å². The van der Waals surface area contributed by atoms with Crippen molar-refractivity contribution in [2.75, 3.05) is 13.6 Å². The number of sulfone groups is 1.